The van der Waals surface area contributed by atoms with Crippen molar-refractivity contribution in [3.63, 3.8) is 0 Å². The van der Waals surface area contributed by atoms with Crippen LogP contribution < -0.4 is 10.0 Å². The van der Waals surface area contributed by atoms with Crippen molar-refractivity contribution in [1.29, 1.82) is 0 Å². The van der Waals surface area contributed by atoms with Crippen LogP contribution in [0.3, 0.4) is 0 Å². The van der Waals surface area contributed by atoms with E-state index in [0.717, 1.165) is 18.5 Å². The fourth-order valence-corrected chi connectivity index (χ4v) is 3.67. The molecule has 1 unspecified atom stereocenters. The number of hydrogen-bond donors (Lipinski definition) is 2. The molecule has 7 heteroatoms. The monoisotopic (exact) mass is 315 g/mol. The van der Waals surface area contributed by atoms with E-state index in [1.165, 1.54) is 0 Å². The first-order chi connectivity index (χ1) is 9.97. The summed E-state index contributed by atoms with van der Waals surface area (Å²) < 4.78 is 34.6. The van der Waals surface area contributed by atoms with Crippen molar-refractivity contribution < 1.29 is 13.2 Å². The third-order valence-electron chi connectivity index (χ3n) is 3.63. The summed E-state index contributed by atoms with van der Waals surface area (Å²) in [6, 6.07) is 2.08. The Morgan fingerprint density at radius 2 is 2.19 bits per heavy atom. The molecule has 0 saturated heterocycles. The van der Waals surface area contributed by atoms with E-state index in [9.17, 15) is 8.42 Å². The molecule has 1 aliphatic rings. The van der Waals surface area contributed by atoms with E-state index in [0.29, 0.717) is 30.5 Å². The molecule has 0 spiro atoms. The maximum Gasteiger partial charge on any atom is 0.242 e. The molecular formula is C14H25N3O3S. The molecule has 21 heavy (non-hydrogen) atoms. The lowest BCUT2D eigenvalue weighted by atomic mass is 10.3. The maximum absolute atomic E-state index is 12.4. The van der Waals surface area contributed by atoms with E-state index in [-0.39, 0.29) is 6.04 Å². The minimum absolute atomic E-state index is 0.146. The molecule has 0 bridgehead atoms. The number of nitrogens with zero attached hydrogens (tertiary/aromatic N) is 1. The largest absolute Gasteiger partial charge is 0.385 e. The molecule has 2 rings (SSSR count). The van der Waals surface area contributed by atoms with Gasteiger partial charge in [0, 0.05) is 44.2 Å². The highest BCUT2D eigenvalue weighted by Crippen LogP contribution is 2.37. The van der Waals surface area contributed by atoms with Crippen molar-refractivity contribution in [2.45, 2.75) is 49.7 Å². The van der Waals surface area contributed by atoms with Crippen LogP contribution in [0, 0.1) is 0 Å². The Kier molecular flexibility index (Phi) is 5.43. The zero-order valence-corrected chi connectivity index (χ0v) is 13.7. The number of nitrogens with one attached hydrogen (secondary N) is 2. The number of hydrogen-bond acceptors (Lipinski definition) is 4. The average Bonchev–Trinajstić information content (AvgIpc) is 3.17. The number of ether oxygens (including phenoxy) is 1. The molecule has 1 aromatic rings. The van der Waals surface area contributed by atoms with Gasteiger partial charge in [-0.1, -0.05) is 0 Å². The molecule has 0 amide bonds. The fourth-order valence-electron chi connectivity index (χ4n) is 2.35. The third kappa shape index (κ3) is 4.29. The lowest BCUT2D eigenvalue weighted by molar-refractivity contribution is 0.188. The van der Waals surface area contributed by atoms with Crippen LogP contribution in [0.1, 0.15) is 37.9 Å². The lowest BCUT2D eigenvalue weighted by Crippen LogP contribution is -2.33. The fraction of sp³-hybridized carbons (Fsp3) is 0.714. The Labute approximate surface area is 126 Å². The van der Waals surface area contributed by atoms with Gasteiger partial charge in [0.1, 0.15) is 0 Å². The van der Waals surface area contributed by atoms with Crippen molar-refractivity contribution in [3.05, 3.63) is 18.0 Å². The van der Waals surface area contributed by atoms with Crippen LogP contribution in [0.4, 0.5) is 0 Å². The van der Waals surface area contributed by atoms with Gasteiger partial charge < -0.3 is 14.6 Å². The summed E-state index contributed by atoms with van der Waals surface area (Å²) in [7, 11) is 0.00685. The van der Waals surface area contributed by atoms with Gasteiger partial charge in [0.25, 0.3) is 0 Å². The van der Waals surface area contributed by atoms with Gasteiger partial charge in [-0.15, -0.1) is 0 Å². The topological polar surface area (TPSA) is 72.4 Å². The van der Waals surface area contributed by atoms with Crippen molar-refractivity contribution in [2.75, 3.05) is 20.8 Å². The second-order valence-electron chi connectivity index (χ2n) is 5.64. The van der Waals surface area contributed by atoms with E-state index in [2.05, 4.69) is 14.6 Å². The smallest absolute Gasteiger partial charge is 0.242 e. The summed E-state index contributed by atoms with van der Waals surface area (Å²) in [5.74, 6) is 0. The van der Waals surface area contributed by atoms with Crippen molar-refractivity contribution in [1.82, 2.24) is 14.6 Å². The minimum atomic E-state index is -3.47. The number of methoxy groups -OCH3 is 1. The quantitative estimate of drug-likeness (QED) is 0.719. The summed E-state index contributed by atoms with van der Waals surface area (Å²) in [5.41, 5.74) is 1.02. The Balaban J connectivity index is 2.13. The molecule has 120 valence electrons. The van der Waals surface area contributed by atoms with Gasteiger partial charge in [-0.05, 0) is 39.3 Å². The third-order valence-corrected chi connectivity index (χ3v) is 5.18. The molecule has 1 fully saturated rings. The highest BCUT2D eigenvalue weighted by Gasteiger charge is 2.28. The van der Waals surface area contributed by atoms with Gasteiger partial charge in [0.2, 0.25) is 10.0 Å². The number of aromatic nitrogens is 1. The first-order valence-corrected chi connectivity index (χ1v) is 8.83. The zero-order valence-electron chi connectivity index (χ0n) is 12.9. The van der Waals surface area contributed by atoms with Gasteiger partial charge in [-0.25, -0.2) is 13.1 Å². The molecule has 1 atom stereocenters. The SMILES string of the molecule is CNCc1cc(S(=O)(=O)NC(C)CCOC)cn1C1CC1. The Bertz CT molecular complexity index is 564. The summed E-state index contributed by atoms with van der Waals surface area (Å²) in [4.78, 5) is 0.351. The van der Waals surface area contributed by atoms with Gasteiger partial charge >= 0.3 is 0 Å². The summed E-state index contributed by atoms with van der Waals surface area (Å²) >= 11 is 0. The van der Waals surface area contributed by atoms with Crippen LogP contribution in [0.5, 0.6) is 0 Å². The standard InChI is InChI=1S/C14H25N3O3S/c1-11(6-7-20-3)16-21(18,19)14-8-13(9-15-2)17(10-14)12-4-5-12/h8,10-12,15-16H,4-7,9H2,1-3H3. The number of sulfonamides is 1. The molecule has 2 N–H and O–H groups in total. The molecule has 6 nitrogen and oxygen atoms in total. The van der Waals surface area contributed by atoms with Gasteiger partial charge in [0.15, 0.2) is 0 Å². The van der Waals surface area contributed by atoms with E-state index in [4.69, 9.17) is 4.74 Å². The normalized spacial score (nSPS) is 17.1. The summed E-state index contributed by atoms with van der Waals surface area (Å²) in [5, 5.41) is 3.09. The van der Waals surface area contributed by atoms with E-state index in [1.807, 2.05) is 14.0 Å². The van der Waals surface area contributed by atoms with Crippen LogP contribution in [-0.4, -0.2) is 39.8 Å². The highest BCUT2D eigenvalue weighted by atomic mass is 32.2. The van der Waals surface area contributed by atoms with Gasteiger partial charge in [0.05, 0.1) is 4.90 Å². The van der Waals surface area contributed by atoms with Crippen LogP contribution in [0.15, 0.2) is 17.2 Å². The maximum atomic E-state index is 12.4. The molecule has 1 aliphatic carbocycles. The molecule has 0 radical (unpaired) electrons. The van der Waals surface area contributed by atoms with Crippen molar-refractivity contribution in [3.8, 4) is 0 Å². The van der Waals surface area contributed by atoms with E-state index in [1.54, 1.807) is 19.4 Å². The predicted octanol–water partition coefficient (Wildman–Crippen LogP) is 1.25. The highest BCUT2D eigenvalue weighted by molar-refractivity contribution is 7.89. The van der Waals surface area contributed by atoms with E-state index >= 15 is 0 Å². The molecule has 1 heterocycles. The first-order valence-electron chi connectivity index (χ1n) is 7.34. The molecule has 0 aromatic carbocycles. The Hall–Kier alpha value is -0.890. The van der Waals surface area contributed by atoms with Gasteiger partial charge in [-0.2, -0.15) is 0 Å². The zero-order chi connectivity index (χ0) is 15.5. The Morgan fingerprint density at radius 3 is 2.76 bits per heavy atom. The Morgan fingerprint density at radius 1 is 1.48 bits per heavy atom. The van der Waals surface area contributed by atoms with Crippen LogP contribution in [-0.2, 0) is 21.3 Å². The molecule has 1 aromatic heterocycles. The van der Waals surface area contributed by atoms with Crippen molar-refractivity contribution >= 4 is 10.0 Å². The second-order valence-corrected chi connectivity index (χ2v) is 7.35. The molecule has 0 aliphatic heterocycles. The van der Waals surface area contributed by atoms with Crippen LogP contribution in [0.25, 0.3) is 0 Å². The van der Waals surface area contributed by atoms with Gasteiger partial charge in [-0.3, -0.25) is 0 Å². The summed E-state index contributed by atoms with van der Waals surface area (Å²) in [6.07, 6.45) is 4.67. The van der Waals surface area contributed by atoms with Crippen LogP contribution >= 0.6 is 0 Å². The molecule has 1 saturated carbocycles. The predicted molar refractivity (Wildman–Crippen MR) is 81.7 cm³/mol. The summed E-state index contributed by atoms with van der Waals surface area (Å²) in [6.45, 7) is 3.06. The molecular weight excluding hydrogens is 290 g/mol. The second kappa shape index (κ2) is 6.91. The first kappa shape index (κ1) is 16.5. The lowest BCUT2D eigenvalue weighted by Gasteiger charge is -2.12. The van der Waals surface area contributed by atoms with Crippen molar-refractivity contribution in [2.24, 2.45) is 0 Å². The van der Waals surface area contributed by atoms with Crippen LogP contribution in [0.2, 0.25) is 0 Å². The van der Waals surface area contributed by atoms with E-state index < -0.39 is 10.0 Å². The minimum Gasteiger partial charge on any atom is -0.385 e. The number of rotatable bonds is 9. The average molecular weight is 315 g/mol.